The van der Waals surface area contributed by atoms with Crippen LogP contribution in [0.2, 0.25) is 0 Å². The van der Waals surface area contributed by atoms with E-state index in [1.807, 2.05) is 5.63 Å². The van der Waals surface area contributed by atoms with Gasteiger partial charge < -0.3 is 0 Å². The number of carbonyl (C=O) groups is 2. The first-order chi connectivity index (χ1) is 7.61. The summed E-state index contributed by atoms with van der Waals surface area (Å²) in [7, 11) is -0.533. The number of Topliss-reactive ketones (excluding diaryl/α,β-unsaturated/α-hetero) is 1. The molecule has 0 aromatic carbocycles. The van der Waals surface area contributed by atoms with Gasteiger partial charge >= 0.3 is 91.7 Å². The molecular weight excluding hydrogens is 229 g/mol. The quantitative estimate of drug-likeness (QED) is 0.598. The van der Waals surface area contributed by atoms with E-state index in [-0.39, 0.29) is 11.6 Å². The summed E-state index contributed by atoms with van der Waals surface area (Å²) in [5, 5.41) is 2.38. The Bertz CT molecular complexity index is 524. The SMILES string of the molecule is Nc1cccc(NC(=O)CC(=O)C#P=O)n1. The average Bonchev–Trinajstić information content (AvgIpc) is 2.17. The molecule has 0 unspecified atom stereocenters. The number of nitrogens with two attached hydrogens (primary N) is 1. The van der Waals surface area contributed by atoms with Gasteiger partial charge in [-0.2, -0.15) is 0 Å². The van der Waals surface area contributed by atoms with E-state index in [0.29, 0.717) is 0 Å². The summed E-state index contributed by atoms with van der Waals surface area (Å²) >= 11 is 0. The van der Waals surface area contributed by atoms with Crippen molar-refractivity contribution in [1.82, 2.24) is 4.98 Å². The number of hydrogen-bond donors (Lipinski definition) is 2. The molecule has 1 aromatic rings. The maximum atomic E-state index is 11.3. The first-order valence-electron chi connectivity index (χ1n) is 4.25. The molecule has 0 aliphatic carbocycles. The van der Waals surface area contributed by atoms with Crippen LogP contribution in [0.15, 0.2) is 18.2 Å². The van der Waals surface area contributed by atoms with Crippen molar-refractivity contribution in [2.45, 2.75) is 6.42 Å². The third-order valence-corrected chi connectivity index (χ3v) is 1.87. The van der Waals surface area contributed by atoms with Gasteiger partial charge in [0.05, 0.1) is 0 Å². The van der Waals surface area contributed by atoms with Crippen LogP contribution < -0.4 is 11.1 Å². The van der Waals surface area contributed by atoms with E-state index in [4.69, 9.17) is 5.73 Å². The van der Waals surface area contributed by atoms with Crippen LogP contribution in [0.3, 0.4) is 0 Å². The first kappa shape index (κ1) is 12.2. The van der Waals surface area contributed by atoms with Crippen LogP contribution in [0, 0.1) is 5.63 Å². The number of rotatable bonds is 3. The molecule has 0 aliphatic rings. The van der Waals surface area contributed by atoms with Crippen LogP contribution in [0.25, 0.3) is 0 Å². The summed E-state index contributed by atoms with van der Waals surface area (Å²) in [5.74, 6) is -0.671. The molecule has 82 valence electrons. The standard InChI is InChI=1S/C9H8N3O3P/c10-7-2-1-3-8(11-7)12-9(14)4-6(13)5-16-15/h1-3H,4H2,(H3,10,11,12,14). The minimum absolute atomic E-state index is 0.262. The molecule has 0 saturated heterocycles. The van der Waals surface area contributed by atoms with Gasteiger partial charge in [0.25, 0.3) is 0 Å². The fraction of sp³-hybridized carbons (Fsp3) is 0.111. The van der Waals surface area contributed by atoms with Crippen LogP contribution in [-0.4, -0.2) is 16.7 Å². The zero-order valence-electron chi connectivity index (χ0n) is 8.14. The summed E-state index contributed by atoms with van der Waals surface area (Å²) in [6, 6.07) is 4.73. The fourth-order valence-corrected chi connectivity index (χ4v) is 1.13. The van der Waals surface area contributed by atoms with Gasteiger partial charge in [0.15, 0.2) is 0 Å². The number of pyridine rings is 1. The summed E-state index contributed by atoms with van der Waals surface area (Å²) in [5.41, 5.74) is 7.34. The average molecular weight is 237 g/mol. The van der Waals surface area contributed by atoms with Gasteiger partial charge in [-0.15, -0.1) is 0 Å². The predicted octanol–water partition coefficient (Wildman–Crippen LogP) is 0.812. The second kappa shape index (κ2) is 5.85. The van der Waals surface area contributed by atoms with E-state index < -0.39 is 26.0 Å². The van der Waals surface area contributed by atoms with Crippen molar-refractivity contribution < 1.29 is 14.2 Å². The van der Waals surface area contributed by atoms with Crippen LogP contribution in [-0.2, 0) is 14.2 Å². The van der Waals surface area contributed by atoms with E-state index in [9.17, 15) is 14.2 Å². The Morgan fingerprint density at radius 2 is 2.25 bits per heavy atom. The zero-order chi connectivity index (χ0) is 12.0. The molecule has 0 saturated carbocycles. The molecule has 1 aromatic heterocycles. The third kappa shape index (κ3) is 4.09. The number of nitrogen functional groups attached to an aromatic ring is 1. The topological polar surface area (TPSA) is 102 Å². The van der Waals surface area contributed by atoms with Crippen LogP contribution >= 0.6 is 7.92 Å². The van der Waals surface area contributed by atoms with Crippen LogP contribution in [0.1, 0.15) is 6.42 Å². The van der Waals surface area contributed by atoms with Gasteiger partial charge in [-0.1, -0.05) is 0 Å². The molecule has 0 atom stereocenters. The molecule has 0 radical (unpaired) electrons. The molecule has 0 bridgehead atoms. The molecule has 16 heavy (non-hydrogen) atoms. The Morgan fingerprint density at radius 3 is 2.88 bits per heavy atom. The Balaban J connectivity index is 2.60. The van der Waals surface area contributed by atoms with Crippen molar-refractivity contribution in [3.63, 3.8) is 0 Å². The number of anilines is 2. The van der Waals surface area contributed by atoms with Crippen molar-refractivity contribution >= 4 is 31.2 Å². The Hall–Kier alpha value is -1.90. The monoisotopic (exact) mass is 237 g/mol. The Labute approximate surface area is 92.4 Å². The molecule has 3 N–H and O–H groups in total. The van der Waals surface area contributed by atoms with Crippen molar-refractivity contribution in [3.05, 3.63) is 18.2 Å². The number of aromatic nitrogens is 1. The first-order valence-corrected chi connectivity index (χ1v) is 5.06. The van der Waals surface area contributed by atoms with E-state index in [1.165, 1.54) is 6.07 Å². The van der Waals surface area contributed by atoms with Crippen LogP contribution in [0.5, 0.6) is 0 Å². The van der Waals surface area contributed by atoms with Crippen molar-refractivity contribution in [1.29, 1.82) is 0 Å². The molecule has 1 rings (SSSR count). The number of amides is 1. The predicted molar refractivity (Wildman–Crippen MR) is 58.4 cm³/mol. The summed E-state index contributed by atoms with van der Waals surface area (Å²) in [4.78, 5) is 26.0. The normalized spacial score (nSPS) is 9.00. The van der Waals surface area contributed by atoms with Gasteiger partial charge in [0, 0.05) is 0 Å². The molecule has 0 spiro atoms. The molecule has 0 aliphatic heterocycles. The van der Waals surface area contributed by atoms with Crippen molar-refractivity contribution in [2.24, 2.45) is 0 Å². The zero-order valence-corrected chi connectivity index (χ0v) is 9.03. The number of nitrogens with zero attached hydrogens (tertiary/aromatic N) is 1. The summed E-state index contributed by atoms with van der Waals surface area (Å²) in [6.07, 6.45) is -0.425. The second-order valence-electron chi connectivity index (χ2n) is 2.80. The van der Waals surface area contributed by atoms with Crippen molar-refractivity contribution in [2.75, 3.05) is 11.1 Å². The van der Waals surface area contributed by atoms with Gasteiger partial charge in [-0.3, -0.25) is 0 Å². The minimum atomic E-state index is -0.641. The van der Waals surface area contributed by atoms with Crippen LogP contribution in [0.4, 0.5) is 11.6 Å². The molecule has 1 amide bonds. The van der Waals surface area contributed by atoms with E-state index in [0.717, 1.165) is 0 Å². The molecule has 1 heterocycles. The molecule has 6 nitrogen and oxygen atoms in total. The molecular formula is C9H8N3O3P. The number of hydrogen-bond acceptors (Lipinski definition) is 5. The van der Waals surface area contributed by atoms with E-state index >= 15 is 0 Å². The van der Waals surface area contributed by atoms with E-state index in [1.54, 1.807) is 12.1 Å². The number of nitrogens with one attached hydrogen (secondary N) is 1. The van der Waals surface area contributed by atoms with Gasteiger partial charge in [-0.05, 0) is 0 Å². The Morgan fingerprint density at radius 1 is 1.50 bits per heavy atom. The summed E-state index contributed by atoms with van der Waals surface area (Å²) < 4.78 is 10.0. The van der Waals surface area contributed by atoms with Gasteiger partial charge in [0.2, 0.25) is 0 Å². The number of ketones is 1. The van der Waals surface area contributed by atoms with Crippen molar-refractivity contribution in [3.8, 4) is 5.63 Å². The molecule has 0 fully saturated rings. The van der Waals surface area contributed by atoms with E-state index in [2.05, 4.69) is 10.3 Å². The Kier molecular flexibility index (Phi) is 4.45. The summed E-state index contributed by atoms with van der Waals surface area (Å²) in [6.45, 7) is 0. The third-order valence-electron chi connectivity index (χ3n) is 1.53. The van der Waals surface area contributed by atoms with Gasteiger partial charge in [0.1, 0.15) is 0 Å². The maximum absolute atomic E-state index is 11.3. The fourth-order valence-electron chi connectivity index (χ4n) is 0.944. The second-order valence-corrected chi connectivity index (χ2v) is 3.21. The number of carbonyl (C=O) groups excluding carboxylic acids is 2. The van der Waals surface area contributed by atoms with Gasteiger partial charge in [-0.25, -0.2) is 0 Å². The molecule has 7 heteroatoms.